The molecule has 0 aliphatic heterocycles. The molecule has 106 valence electrons. The third-order valence-electron chi connectivity index (χ3n) is 2.76. The summed E-state index contributed by atoms with van der Waals surface area (Å²) in [4.78, 5) is 10.8. The van der Waals surface area contributed by atoms with Crippen molar-refractivity contribution in [2.24, 2.45) is 0 Å². The van der Waals surface area contributed by atoms with Crippen molar-refractivity contribution in [1.82, 2.24) is 0 Å². The molecule has 0 amide bonds. The number of carboxylic acids is 1. The quantitative estimate of drug-likeness (QED) is 0.877. The molecule has 5 nitrogen and oxygen atoms in total. The predicted octanol–water partition coefficient (Wildman–Crippen LogP) is 3.26. The zero-order chi connectivity index (χ0) is 14.5. The van der Waals surface area contributed by atoms with E-state index in [-0.39, 0.29) is 12.4 Å². The Morgan fingerprint density at radius 1 is 1.20 bits per heavy atom. The Kier molecular flexibility index (Phi) is 4.30. The molecule has 1 aromatic heterocycles. The molecule has 20 heavy (non-hydrogen) atoms. The normalized spacial score (nSPS) is 10.3. The van der Waals surface area contributed by atoms with E-state index in [2.05, 4.69) is 0 Å². The van der Waals surface area contributed by atoms with E-state index in [1.165, 1.54) is 6.07 Å². The van der Waals surface area contributed by atoms with Crippen LogP contribution in [0.4, 0.5) is 0 Å². The Balaban J connectivity index is 1.99. The number of hydrogen-bond acceptors (Lipinski definition) is 4. The molecule has 0 saturated carbocycles. The monoisotopic (exact) mass is 276 g/mol. The molecule has 0 bridgehead atoms. The van der Waals surface area contributed by atoms with Crippen LogP contribution in [0.5, 0.6) is 11.5 Å². The molecule has 0 atom stereocenters. The summed E-state index contributed by atoms with van der Waals surface area (Å²) in [7, 11) is 0. The van der Waals surface area contributed by atoms with E-state index < -0.39 is 5.97 Å². The number of furan rings is 1. The van der Waals surface area contributed by atoms with E-state index in [0.717, 1.165) is 11.3 Å². The van der Waals surface area contributed by atoms with Crippen LogP contribution in [0.25, 0.3) is 0 Å². The van der Waals surface area contributed by atoms with Crippen LogP contribution in [-0.4, -0.2) is 17.7 Å². The van der Waals surface area contributed by atoms with E-state index in [1.54, 1.807) is 19.1 Å². The molecular formula is C15H16O5. The lowest BCUT2D eigenvalue weighted by Gasteiger charge is -2.07. The summed E-state index contributed by atoms with van der Waals surface area (Å²) in [6.45, 7) is 4.51. The maximum Gasteiger partial charge on any atom is 0.371 e. The number of rotatable bonds is 6. The molecular weight excluding hydrogens is 260 g/mol. The van der Waals surface area contributed by atoms with Gasteiger partial charge in [0.05, 0.1) is 6.61 Å². The molecule has 2 rings (SSSR count). The maximum atomic E-state index is 10.8. The molecule has 0 spiro atoms. The van der Waals surface area contributed by atoms with Crippen molar-refractivity contribution in [3.63, 3.8) is 0 Å². The van der Waals surface area contributed by atoms with Crippen molar-refractivity contribution < 1.29 is 23.8 Å². The van der Waals surface area contributed by atoms with E-state index in [4.69, 9.17) is 19.0 Å². The van der Waals surface area contributed by atoms with Gasteiger partial charge in [-0.3, -0.25) is 0 Å². The Labute approximate surface area is 116 Å². The number of hydrogen-bond donors (Lipinski definition) is 1. The van der Waals surface area contributed by atoms with E-state index >= 15 is 0 Å². The van der Waals surface area contributed by atoms with Gasteiger partial charge in [0.15, 0.2) is 0 Å². The number of benzene rings is 1. The van der Waals surface area contributed by atoms with Gasteiger partial charge in [0.25, 0.3) is 0 Å². The summed E-state index contributed by atoms with van der Waals surface area (Å²) in [6.07, 6.45) is 0. The minimum absolute atomic E-state index is 0.0761. The van der Waals surface area contributed by atoms with Gasteiger partial charge >= 0.3 is 5.97 Å². The molecule has 0 saturated heterocycles. The molecule has 0 aliphatic carbocycles. The number of carbonyl (C=O) groups is 1. The van der Waals surface area contributed by atoms with Gasteiger partial charge in [0, 0.05) is 5.56 Å². The average molecular weight is 276 g/mol. The number of ether oxygens (including phenoxy) is 2. The number of carboxylic acid groups (broad SMARTS) is 1. The summed E-state index contributed by atoms with van der Waals surface area (Å²) in [5.74, 6) is 0.861. The van der Waals surface area contributed by atoms with Crippen molar-refractivity contribution in [2.45, 2.75) is 20.5 Å². The third kappa shape index (κ3) is 3.32. The molecule has 0 unspecified atom stereocenters. The van der Waals surface area contributed by atoms with Gasteiger partial charge in [0.2, 0.25) is 5.76 Å². The Bertz CT molecular complexity index is 583. The number of aromatic carboxylic acids is 1. The SMILES string of the molecule is CCOc1ccc(OCc2cc(C(=O)O)oc2C)cc1. The molecule has 1 N–H and O–H groups in total. The Morgan fingerprint density at radius 3 is 2.30 bits per heavy atom. The summed E-state index contributed by atoms with van der Waals surface area (Å²) < 4.78 is 16.0. The summed E-state index contributed by atoms with van der Waals surface area (Å²) in [6, 6.07) is 8.73. The van der Waals surface area contributed by atoms with Crippen LogP contribution >= 0.6 is 0 Å². The van der Waals surface area contributed by atoms with E-state index in [9.17, 15) is 4.79 Å². The van der Waals surface area contributed by atoms with Crippen LogP contribution < -0.4 is 9.47 Å². The fraction of sp³-hybridized carbons (Fsp3) is 0.267. The van der Waals surface area contributed by atoms with Gasteiger partial charge in [-0.1, -0.05) is 0 Å². The van der Waals surface area contributed by atoms with Crippen molar-refractivity contribution in [2.75, 3.05) is 6.61 Å². The van der Waals surface area contributed by atoms with Crippen LogP contribution in [0.3, 0.4) is 0 Å². The largest absolute Gasteiger partial charge is 0.494 e. The predicted molar refractivity (Wildman–Crippen MR) is 72.3 cm³/mol. The molecule has 2 aromatic rings. The topological polar surface area (TPSA) is 68.9 Å². The van der Waals surface area contributed by atoms with Crippen LogP contribution in [0.2, 0.25) is 0 Å². The fourth-order valence-electron chi connectivity index (χ4n) is 1.73. The van der Waals surface area contributed by atoms with Gasteiger partial charge in [-0.2, -0.15) is 0 Å². The van der Waals surface area contributed by atoms with Crippen LogP contribution in [0.1, 0.15) is 28.8 Å². The lowest BCUT2D eigenvalue weighted by molar-refractivity contribution is 0.0661. The van der Waals surface area contributed by atoms with Crippen molar-refractivity contribution in [3.05, 3.63) is 47.4 Å². The van der Waals surface area contributed by atoms with Gasteiger partial charge < -0.3 is 19.0 Å². The van der Waals surface area contributed by atoms with Gasteiger partial charge in [0.1, 0.15) is 23.9 Å². The maximum absolute atomic E-state index is 10.8. The van der Waals surface area contributed by atoms with Crippen molar-refractivity contribution in [1.29, 1.82) is 0 Å². The molecule has 0 radical (unpaired) electrons. The highest BCUT2D eigenvalue weighted by Gasteiger charge is 2.13. The van der Waals surface area contributed by atoms with Gasteiger partial charge in [-0.05, 0) is 44.2 Å². The zero-order valence-corrected chi connectivity index (χ0v) is 11.4. The first-order valence-electron chi connectivity index (χ1n) is 6.28. The summed E-state index contributed by atoms with van der Waals surface area (Å²) >= 11 is 0. The minimum Gasteiger partial charge on any atom is -0.494 e. The third-order valence-corrected chi connectivity index (χ3v) is 2.76. The highest BCUT2D eigenvalue weighted by molar-refractivity contribution is 5.84. The minimum atomic E-state index is -1.08. The molecule has 1 aromatic carbocycles. The molecule has 1 heterocycles. The van der Waals surface area contributed by atoms with Crippen LogP contribution in [0, 0.1) is 6.92 Å². The van der Waals surface area contributed by atoms with Gasteiger partial charge in [-0.25, -0.2) is 4.79 Å². The standard InChI is InChI=1S/C15H16O5/c1-3-18-12-4-6-13(7-5-12)19-9-11-8-14(15(16)17)20-10(11)2/h4-8H,3,9H2,1-2H3,(H,16,17). The second-order valence-corrected chi connectivity index (χ2v) is 4.19. The first-order valence-corrected chi connectivity index (χ1v) is 6.28. The molecule has 0 fully saturated rings. The highest BCUT2D eigenvalue weighted by Crippen LogP contribution is 2.21. The lowest BCUT2D eigenvalue weighted by atomic mass is 10.2. The first kappa shape index (κ1) is 14.0. The summed E-state index contributed by atoms with van der Waals surface area (Å²) in [5, 5.41) is 8.84. The molecule has 5 heteroatoms. The smallest absolute Gasteiger partial charge is 0.371 e. The lowest BCUT2D eigenvalue weighted by Crippen LogP contribution is -1.96. The van der Waals surface area contributed by atoms with E-state index in [1.807, 2.05) is 19.1 Å². The highest BCUT2D eigenvalue weighted by atomic mass is 16.5. The van der Waals surface area contributed by atoms with Gasteiger partial charge in [-0.15, -0.1) is 0 Å². The first-order chi connectivity index (χ1) is 9.60. The summed E-state index contributed by atoms with van der Waals surface area (Å²) in [5.41, 5.74) is 0.719. The number of aryl methyl sites for hydroxylation is 1. The Morgan fingerprint density at radius 2 is 1.80 bits per heavy atom. The van der Waals surface area contributed by atoms with Crippen molar-refractivity contribution >= 4 is 5.97 Å². The second-order valence-electron chi connectivity index (χ2n) is 4.19. The zero-order valence-electron chi connectivity index (χ0n) is 11.4. The Hall–Kier alpha value is -2.43. The van der Waals surface area contributed by atoms with Crippen LogP contribution in [0.15, 0.2) is 34.7 Å². The van der Waals surface area contributed by atoms with Crippen molar-refractivity contribution in [3.8, 4) is 11.5 Å². The van der Waals surface area contributed by atoms with Crippen LogP contribution in [-0.2, 0) is 6.61 Å². The van der Waals surface area contributed by atoms with E-state index in [0.29, 0.717) is 18.1 Å². The average Bonchev–Trinajstić information content (AvgIpc) is 2.80. The fourth-order valence-corrected chi connectivity index (χ4v) is 1.73. The molecule has 0 aliphatic rings. The second kappa shape index (κ2) is 6.14.